The van der Waals surface area contributed by atoms with Crippen molar-refractivity contribution in [2.45, 2.75) is 37.8 Å². The highest BCUT2D eigenvalue weighted by Gasteiger charge is 2.09. The van der Waals surface area contributed by atoms with Crippen molar-refractivity contribution in [3.8, 4) is 0 Å². The SMILES string of the molecule is CSCCC(N)C(=O)O.NCC(=O)O.NCCCCC(N)C(=O)O. The van der Waals surface area contributed by atoms with Crippen molar-refractivity contribution in [3.05, 3.63) is 0 Å². The molecule has 0 aliphatic heterocycles. The Kier molecular flexibility index (Phi) is 22.5. The van der Waals surface area contributed by atoms with E-state index in [4.69, 9.17) is 32.5 Å². The molecule has 0 amide bonds. The van der Waals surface area contributed by atoms with Gasteiger partial charge in [0.1, 0.15) is 12.1 Å². The van der Waals surface area contributed by atoms with E-state index in [1.54, 1.807) is 11.8 Å². The van der Waals surface area contributed by atoms with Crippen molar-refractivity contribution in [3.63, 3.8) is 0 Å². The van der Waals surface area contributed by atoms with E-state index >= 15 is 0 Å². The van der Waals surface area contributed by atoms with E-state index in [0.29, 0.717) is 19.4 Å². The summed E-state index contributed by atoms with van der Waals surface area (Å²) in [6, 6.07) is -1.40. The number of carbonyl (C=O) groups is 3. The minimum absolute atomic E-state index is 0.278. The van der Waals surface area contributed by atoms with Crippen LogP contribution >= 0.6 is 11.8 Å². The van der Waals surface area contributed by atoms with Crippen LogP contribution in [0.4, 0.5) is 0 Å². The Balaban J connectivity index is -0.000000291. The Hall–Kier alpha value is -1.40. The molecule has 0 saturated carbocycles. The van der Waals surface area contributed by atoms with Crippen LogP contribution in [0.1, 0.15) is 25.7 Å². The van der Waals surface area contributed by atoms with Crippen molar-refractivity contribution in [1.29, 1.82) is 0 Å². The smallest absolute Gasteiger partial charge is 0.320 e. The van der Waals surface area contributed by atoms with E-state index < -0.39 is 30.0 Å². The summed E-state index contributed by atoms with van der Waals surface area (Å²) in [5.74, 6) is -2.00. The van der Waals surface area contributed by atoms with Crippen molar-refractivity contribution in [1.82, 2.24) is 0 Å². The summed E-state index contributed by atoms with van der Waals surface area (Å²) in [6.07, 6.45) is 4.64. The molecule has 24 heavy (non-hydrogen) atoms. The lowest BCUT2D eigenvalue weighted by atomic mass is 10.1. The summed E-state index contributed by atoms with van der Waals surface area (Å²) in [4.78, 5) is 29.5. The van der Waals surface area contributed by atoms with Gasteiger partial charge in [0.25, 0.3) is 0 Å². The van der Waals surface area contributed by atoms with Gasteiger partial charge in [0.2, 0.25) is 0 Å². The monoisotopic (exact) mass is 370 g/mol. The highest BCUT2D eigenvalue weighted by molar-refractivity contribution is 7.98. The Morgan fingerprint density at radius 2 is 1.33 bits per heavy atom. The van der Waals surface area contributed by atoms with Gasteiger partial charge in [-0.05, 0) is 37.8 Å². The van der Waals surface area contributed by atoms with E-state index in [0.717, 1.165) is 18.6 Å². The zero-order chi connectivity index (χ0) is 19.5. The third-order valence-electron chi connectivity index (χ3n) is 2.41. The molecule has 0 bridgehead atoms. The number of rotatable bonds is 10. The highest BCUT2D eigenvalue weighted by Crippen LogP contribution is 1.98. The topological polar surface area (TPSA) is 216 Å². The molecular formula is C13H30N4O6S. The van der Waals surface area contributed by atoms with Crippen molar-refractivity contribution < 1.29 is 29.7 Å². The lowest BCUT2D eigenvalue weighted by molar-refractivity contribution is -0.139. The second-order valence-electron chi connectivity index (χ2n) is 4.55. The van der Waals surface area contributed by atoms with Crippen molar-refractivity contribution in [2.24, 2.45) is 22.9 Å². The van der Waals surface area contributed by atoms with Gasteiger partial charge in [0, 0.05) is 0 Å². The molecule has 0 aliphatic rings. The first-order valence-corrected chi connectivity index (χ1v) is 8.60. The van der Waals surface area contributed by atoms with Crippen LogP contribution in [-0.4, -0.2) is 70.4 Å². The van der Waals surface area contributed by atoms with Crippen LogP contribution in [0.15, 0.2) is 0 Å². The van der Waals surface area contributed by atoms with Crippen LogP contribution in [0.5, 0.6) is 0 Å². The number of hydrogen-bond acceptors (Lipinski definition) is 8. The average molecular weight is 370 g/mol. The van der Waals surface area contributed by atoms with Gasteiger partial charge in [0.15, 0.2) is 0 Å². The van der Waals surface area contributed by atoms with E-state index in [9.17, 15) is 14.4 Å². The lowest BCUT2D eigenvalue weighted by Crippen LogP contribution is -2.30. The van der Waals surface area contributed by atoms with Crippen molar-refractivity contribution >= 4 is 29.7 Å². The number of hydrogen-bond donors (Lipinski definition) is 7. The fraction of sp³-hybridized carbons (Fsp3) is 0.769. The summed E-state index contributed by atoms with van der Waals surface area (Å²) in [7, 11) is 0. The van der Waals surface area contributed by atoms with E-state index in [1.807, 2.05) is 6.26 Å². The van der Waals surface area contributed by atoms with Crippen LogP contribution in [0.3, 0.4) is 0 Å². The molecule has 11 heteroatoms. The molecule has 10 nitrogen and oxygen atoms in total. The van der Waals surface area contributed by atoms with Gasteiger partial charge in [-0.2, -0.15) is 11.8 Å². The van der Waals surface area contributed by atoms with Gasteiger partial charge in [-0.25, -0.2) is 0 Å². The number of carboxylic acids is 3. The largest absolute Gasteiger partial charge is 0.480 e. The number of unbranched alkanes of at least 4 members (excludes halogenated alkanes) is 1. The van der Waals surface area contributed by atoms with Gasteiger partial charge < -0.3 is 38.3 Å². The maximum Gasteiger partial charge on any atom is 0.320 e. The molecule has 0 fully saturated rings. The lowest BCUT2D eigenvalue weighted by Gasteiger charge is -2.03. The predicted molar refractivity (Wildman–Crippen MR) is 93.8 cm³/mol. The van der Waals surface area contributed by atoms with E-state index in [-0.39, 0.29) is 6.54 Å². The average Bonchev–Trinajstić information content (AvgIpc) is 2.53. The maximum atomic E-state index is 10.1. The van der Waals surface area contributed by atoms with E-state index in [1.165, 1.54) is 0 Å². The third-order valence-corrected chi connectivity index (χ3v) is 3.06. The first kappa shape index (κ1) is 27.4. The molecule has 11 N–H and O–H groups in total. The molecule has 0 rings (SSSR count). The van der Waals surface area contributed by atoms with Crippen LogP contribution in [0.2, 0.25) is 0 Å². The minimum Gasteiger partial charge on any atom is -0.480 e. The van der Waals surface area contributed by atoms with Gasteiger partial charge >= 0.3 is 17.9 Å². The maximum absolute atomic E-state index is 10.1. The van der Waals surface area contributed by atoms with Gasteiger partial charge in [-0.15, -0.1) is 0 Å². The van der Waals surface area contributed by atoms with Crippen LogP contribution in [0.25, 0.3) is 0 Å². The quantitative estimate of drug-likeness (QED) is 0.224. The third kappa shape index (κ3) is 25.5. The van der Waals surface area contributed by atoms with Crippen LogP contribution in [-0.2, 0) is 14.4 Å². The first-order chi connectivity index (χ1) is 11.1. The highest BCUT2D eigenvalue weighted by atomic mass is 32.2. The number of nitrogens with two attached hydrogens (primary N) is 4. The molecular weight excluding hydrogens is 340 g/mol. The summed E-state index contributed by atoms with van der Waals surface area (Å²) in [5, 5.41) is 24.2. The molecule has 0 aliphatic carbocycles. The zero-order valence-corrected chi connectivity index (χ0v) is 14.7. The summed E-state index contributed by atoms with van der Waals surface area (Å²) in [5.41, 5.74) is 20.2. The molecule has 2 atom stereocenters. The van der Waals surface area contributed by atoms with Gasteiger partial charge in [-0.1, -0.05) is 6.42 Å². The molecule has 0 spiro atoms. The summed E-state index contributed by atoms with van der Waals surface area (Å²) in [6.45, 7) is 0.326. The molecule has 0 radical (unpaired) electrons. The minimum atomic E-state index is -0.968. The molecule has 144 valence electrons. The molecule has 0 heterocycles. The fourth-order valence-corrected chi connectivity index (χ4v) is 1.49. The Morgan fingerprint density at radius 3 is 1.62 bits per heavy atom. The van der Waals surface area contributed by atoms with Crippen LogP contribution < -0.4 is 22.9 Å². The van der Waals surface area contributed by atoms with Gasteiger partial charge in [-0.3, -0.25) is 14.4 Å². The van der Waals surface area contributed by atoms with Crippen molar-refractivity contribution in [2.75, 3.05) is 25.1 Å². The molecule has 0 aromatic rings. The van der Waals surface area contributed by atoms with Gasteiger partial charge in [0.05, 0.1) is 6.54 Å². The Morgan fingerprint density at radius 1 is 0.917 bits per heavy atom. The predicted octanol–water partition coefficient (Wildman–Crippen LogP) is -1.29. The number of carboxylic acid groups (broad SMARTS) is 3. The number of thioether (sulfide) groups is 1. The second kappa shape index (κ2) is 19.6. The molecule has 0 saturated heterocycles. The first-order valence-electron chi connectivity index (χ1n) is 7.21. The molecule has 0 aromatic heterocycles. The van der Waals surface area contributed by atoms with Crippen LogP contribution in [0, 0.1) is 0 Å². The molecule has 2 unspecified atom stereocenters. The zero-order valence-electron chi connectivity index (χ0n) is 13.9. The fourth-order valence-electron chi connectivity index (χ4n) is 1.00. The second-order valence-corrected chi connectivity index (χ2v) is 5.54. The summed E-state index contributed by atoms with van der Waals surface area (Å²) < 4.78 is 0. The standard InChI is InChI=1S/C6H14N2O2.C5H11NO2S.C2H5NO2/c7-4-2-1-3-5(8)6(9)10;1-9-3-2-4(6)5(7)8;3-1-2(4)5/h5H,1-4,7-8H2,(H,9,10);4H,2-3,6H2,1H3,(H,7,8);1,3H2,(H,4,5). The number of aliphatic carboxylic acids is 3. The summed E-state index contributed by atoms with van der Waals surface area (Å²) >= 11 is 1.60. The van der Waals surface area contributed by atoms with E-state index in [2.05, 4.69) is 5.73 Å². The molecule has 0 aromatic carbocycles. The Labute approximate surface area is 145 Å². The Bertz CT molecular complexity index is 346. The normalized spacial score (nSPS) is 11.9.